The van der Waals surface area contributed by atoms with Crippen molar-refractivity contribution in [1.82, 2.24) is 5.32 Å². The van der Waals surface area contributed by atoms with Crippen molar-refractivity contribution in [3.63, 3.8) is 0 Å². The van der Waals surface area contributed by atoms with Gasteiger partial charge < -0.3 is 20.1 Å². The Morgan fingerprint density at radius 3 is 1.16 bits per heavy atom. The summed E-state index contributed by atoms with van der Waals surface area (Å²) in [5.41, 5.74) is 0. The Labute approximate surface area is 346 Å². The molecule has 1 amide bonds. The van der Waals surface area contributed by atoms with Gasteiger partial charge in [-0.25, -0.2) is 4.57 Å². The molecule has 0 radical (unpaired) electrons. The van der Waals surface area contributed by atoms with Crippen molar-refractivity contribution < 1.29 is 37.9 Å². The van der Waals surface area contributed by atoms with Crippen molar-refractivity contribution in [2.45, 2.75) is 258 Å². The largest absolute Gasteiger partial charge is 0.472 e. The van der Waals surface area contributed by atoms with Gasteiger partial charge in [0.25, 0.3) is 0 Å². The first kappa shape index (κ1) is 55.0. The van der Waals surface area contributed by atoms with Crippen molar-refractivity contribution in [3.8, 4) is 0 Å². The van der Waals surface area contributed by atoms with Crippen LogP contribution < -0.4 is 5.32 Å². The standard InChI is InChI=1S/C46H92NO8P/c1-3-5-7-9-11-13-15-17-19-21-22-23-25-27-29-31-33-35-37-39-46(50)53-42-44(48)43-55-56(51,52)54-41-40-47-45(49)38-36-34-32-30-28-26-24-20-18-16-14-12-10-8-6-4-2/h44,48H,3-43H2,1-2H3,(H,47,49)(H,51,52). The molecule has 0 aliphatic rings. The number of amides is 1. The number of hydrogen-bond acceptors (Lipinski definition) is 7. The number of carbonyl (C=O) groups is 2. The molecule has 0 heterocycles. The third kappa shape index (κ3) is 44.1. The molecule has 2 unspecified atom stereocenters. The third-order valence-electron chi connectivity index (χ3n) is 10.8. The average molecular weight is 818 g/mol. The Morgan fingerprint density at radius 1 is 0.482 bits per heavy atom. The number of hydrogen-bond donors (Lipinski definition) is 3. The molecule has 0 fully saturated rings. The monoisotopic (exact) mass is 818 g/mol. The summed E-state index contributed by atoms with van der Waals surface area (Å²) in [6.45, 7) is 3.61. The van der Waals surface area contributed by atoms with E-state index >= 15 is 0 Å². The summed E-state index contributed by atoms with van der Waals surface area (Å²) in [6, 6.07) is 0. The molecule has 0 bridgehead atoms. The SMILES string of the molecule is CCCCCCCCCCCCCCCCCCCCCC(=O)OCC(O)COP(=O)(O)OCCNC(=O)CCCCCCCCCCCCCCCCCC. The molecule has 0 spiro atoms. The van der Waals surface area contributed by atoms with Crippen LogP contribution in [0.4, 0.5) is 0 Å². The van der Waals surface area contributed by atoms with Crippen molar-refractivity contribution in [2.75, 3.05) is 26.4 Å². The molecule has 0 aromatic rings. The minimum atomic E-state index is -4.41. The summed E-state index contributed by atoms with van der Waals surface area (Å²) >= 11 is 0. The van der Waals surface area contributed by atoms with E-state index in [1.807, 2.05) is 0 Å². The van der Waals surface area contributed by atoms with Gasteiger partial charge in [-0.3, -0.25) is 18.6 Å². The van der Waals surface area contributed by atoms with Crippen molar-refractivity contribution in [1.29, 1.82) is 0 Å². The molecule has 2 atom stereocenters. The predicted octanol–water partition coefficient (Wildman–Crippen LogP) is 13.6. The first-order chi connectivity index (χ1) is 27.3. The fraction of sp³-hybridized carbons (Fsp3) is 0.957. The van der Waals surface area contributed by atoms with Crippen LogP contribution in [0.15, 0.2) is 0 Å². The normalized spacial score (nSPS) is 13.1. The lowest BCUT2D eigenvalue weighted by molar-refractivity contribution is -0.147. The van der Waals surface area contributed by atoms with E-state index in [2.05, 4.69) is 19.2 Å². The maximum absolute atomic E-state index is 12.1. The van der Waals surface area contributed by atoms with Crippen LogP contribution in [0.5, 0.6) is 0 Å². The van der Waals surface area contributed by atoms with E-state index in [1.165, 1.54) is 186 Å². The summed E-state index contributed by atoms with van der Waals surface area (Å²) in [5.74, 6) is -0.500. The number of unbranched alkanes of at least 4 members (excludes halogenated alkanes) is 33. The Kier molecular flexibility index (Phi) is 42.8. The highest BCUT2D eigenvalue weighted by Gasteiger charge is 2.23. The third-order valence-corrected chi connectivity index (χ3v) is 11.8. The lowest BCUT2D eigenvalue weighted by atomic mass is 10.0. The van der Waals surface area contributed by atoms with Gasteiger partial charge in [0.1, 0.15) is 12.7 Å². The van der Waals surface area contributed by atoms with Crippen LogP contribution in [0.3, 0.4) is 0 Å². The number of phosphoric acid groups is 1. The Balaban J connectivity index is 3.52. The molecule has 0 rings (SSSR count). The molecule has 0 saturated heterocycles. The fourth-order valence-electron chi connectivity index (χ4n) is 7.15. The number of rotatable bonds is 46. The van der Waals surface area contributed by atoms with E-state index < -0.39 is 26.5 Å². The molecule has 10 heteroatoms. The van der Waals surface area contributed by atoms with Gasteiger partial charge in [-0.2, -0.15) is 0 Å². The van der Waals surface area contributed by atoms with Gasteiger partial charge in [-0.1, -0.05) is 226 Å². The number of aliphatic hydroxyl groups is 1. The number of nitrogens with one attached hydrogen (secondary N) is 1. The number of ether oxygens (including phenoxy) is 1. The van der Waals surface area contributed by atoms with Gasteiger partial charge in [0, 0.05) is 19.4 Å². The average Bonchev–Trinajstić information content (AvgIpc) is 3.18. The van der Waals surface area contributed by atoms with Crippen LogP contribution in [-0.2, 0) is 27.9 Å². The maximum atomic E-state index is 12.1. The molecule has 334 valence electrons. The second-order valence-corrected chi connectivity index (χ2v) is 17.9. The van der Waals surface area contributed by atoms with E-state index in [1.54, 1.807) is 0 Å². The molecule has 9 nitrogen and oxygen atoms in total. The van der Waals surface area contributed by atoms with Crippen LogP contribution >= 0.6 is 7.82 Å². The summed E-state index contributed by atoms with van der Waals surface area (Å²) in [5, 5.41) is 12.7. The van der Waals surface area contributed by atoms with E-state index in [4.69, 9.17) is 13.8 Å². The molecular weight excluding hydrogens is 725 g/mol. The van der Waals surface area contributed by atoms with Gasteiger partial charge in [0.05, 0.1) is 13.2 Å². The first-order valence-corrected chi connectivity index (χ1v) is 25.5. The number of aliphatic hydroxyl groups excluding tert-OH is 1. The zero-order chi connectivity index (χ0) is 41.1. The van der Waals surface area contributed by atoms with Gasteiger partial charge in [-0.15, -0.1) is 0 Å². The zero-order valence-corrected chi connectivity index (χ0v) is 37.8. The quantitative estimate of drug-likeness (QED) is 0.0314. The Hall–Kier alpha value is -0.990. The van der Waals surface area contributed by atoms with Crippen LogP contribution in [-0.4, -0.2) is 54.3 Å². The fourth-order valence-corrected chi connectivity index (χ4v) is 7.91. The van der Waals surface area contributed by atoms with Crippen molar-refractivity contribution in [2.24, 2.45) is 0 Å². The predicted molar refractivity (Wildman–Crippen MR) is 234 cm³/mol. The molecular formula is C46H92NO8P. The lowest BCUT2D eigenvalue weighted by Crippen LogP contribution is -2.27. The summed E-state index contributed by atoms with van der Waals surface area (Å²) in [6.07, 6.45) is 44.6. The minimum Gasteiger partial charge on any atom is -0.463 e. The van der Waals surface area contributed by atoms with E-state index in [-0.39, 0.29) is 25.7 Å². The highest BCUT2D eigenvalue weighted by atomic mass is 31.2. The highest BCUT2D eigenvalue weighted by Crippen LogP contribution is 2.42. The molecule has 0 saturated carbocycles. The molecule has 0 aliphatic carbocycles. The molecule has 0 aromatic heterocycles. The summed E-state index contributed by atoms with van der Waals surface area (Å²) < 4.78 is 26.9. The van der Waals surface area contributed by atoms with Gasteiger partial charge in [-0.05, 0) is 12.8 Å². The van der Waals surface area contributed by atoms with Gasteiger partial charge in [0.2, 0.25) is 5.91 Å². The smallest absolute Gasteiger partial charge is 0.463 e. The number of esters is 1. The summed E-state index contributed by atoms with van der Waals surface area (Å²) in [4.78, 5) is 34.0. The number of phosphoric ester groups is 1. The number of carbonyl (C=O) groups excluding carboxylic acids is 2. The van der Waals surface area contributed by atoms with Crippen LogP contribution in [0, 0.1) is 0 Å². The van der Waals surface area contributed by atoms with Crippen LogP contribution in [0.1, 0.15) is 251 Å². The molecule has 0 aromatic carbocycles. The van der Waals surface area contributed by atoms with E-state index in [0.717, 1.165) is 38.5 Å². The Morgan fingerprint density at radius 2 is 0.804 bits per heavy atom. The van der Waals surface area contributed by atoms with Gasteiger partial charge >= 0.3 is 13.8 Å². The van der Waals surface area contributed by atoms with Crippen LogP contribution in [0.2, 0.25) is 0 Å². The highest BCUT2D eigenvalue weighted by molar-refractivity contribution is 7.47. The van der Waals surface area contributed by atoms with Gasteiger partial charge in [0.15, 0.2) is 0 Å². The second-order valence-electron chi connectivity index (χ2n) is 16.5. The first-order valence-electron chi connectivity index (χ1n) is 24.0. The topological polar surface area (TPSA) is 131 Å². The minimum absolute atomic E-state index is 0.0885. The van der Waals surface area contributed by atoms with E-state index in [9.17, 15) is 24.2 Å². The van der Waals surface area contributed by atoms with Crippen LogP contribution in [0.25, 0.3) is 0 Å². The Bertz CT molecular complexity index is 891. The van der Waals surface area contributed by atoms with E-state index in [0.29, 0.717) is 12.8 Å². The lowest BCUT2D eigenvalue weighted by Gasteiger charge is -2.15. The molecule has 0 aliphatic heterocycles. The maximum Gasteiger partial charge on any atom is 0.472 e. The second kappa shape index (κ2) is 43.6. The van der Waals surface area contributed by atoms with Crippen molar-refractivity contribution >= 4 is 19.7 Å². The zero-order valence-electron chi connectivity index (χ0n) is 36.9. The van der Waals surface area contributed by atoms with Crippen molar-refractivity contribution in [3.05, 3.63) is 0 Å². The summed E-state index contributed by atoms with van der Waals surface area (Å²) in [7, 11) is -4.41. The molecule has 3 N–H and O–H groups in total. The molecule has 56 heavy (non-hydrogen) atoms.